The highest BCUT2D eigenvalue weighted by atomic mass is 32.1. The first kappa shape index (κ1) is 8.40. The predicted octanol–water partition coefficient (Wildman–Crippen LogP) is 1.00. The molecule has 0 spiro atoms. The van der Waals surface area contributed by atoms with Gasteiger partial charge in [0.15, 0.2) is 0 Å². The fourth-order valence-corrected chi connectivity index (χ4v) is 2.07. The average molecular weight is 194 g/mol. The predicted molar refractivity (Wildman–Crippen MR) is 52.2 cm³/mol. The van der Waals surface area contributed by atoms with Gasteiger partial charge in [-0.25, -0.2) is 4.68 Å². The van der Waals surface area contributed by atoms with E-state index >= 15 is 0 Å². The minimum absolute atomic E-state index is 0.593. The molecule has 68 valence electrons. The monoisotopic (exact) mass is 194 g/mol. The van der Waals surface area contributed by atoms with Crippen LogP contribution in [0.2, 0.25) is 0 Å². The van der Waals surface area contributed by atoms with E-state index < -0.39 is 0 Å². The van der Waals surface area contributed by atoms with Crippen LogP contribution in [0, 0.1) is 0 Å². The molecular weight excluding hydrogens is 184 g/mol. The van der Waals surface area contributed by atoms with Crippen molar-refractivity contribution in [2.45, 2.75) is 6.54 Å². The summed E-state index contributed by atoms with van der Waals surface area (Å²) in [6.45, 7) is 0.593. The maximum atomic E-state index is 5.53. The molecule has 0 fully saturated rings. The first-order valence-corrected chi connectivity index (χ1v) is 4.76. The van der Waals surface area contributed by atoms with Crippen LogP contribution in [0.15, 0.2) is 18.3 Å². The molecule has 0 saturated carbocycles. The molecule has 0 atom stereocenters. The lowest BCUT2D eigenvalue weighted by atomic mass is 10.3. The van der Waals surface area contributed by atoms with Crippen LogP contribution in [0.5, 0.6) is 0 Å². The van der Waals surface area contributed by atoms with E-state index in [0.29, 0.717) is 6.54 Å². The normalized spacial score (nSPS) is 10.6. The molecule has 2 rings (SSSR count). The molecule has 4 nitrogen and oxygen atoms in total. The Bertz CT molecular complexity index is 404. The average Bonchev–Trinajstić information content (AvgIpc) is 2.71. The summed E-state index contributed by atoms with van der Waals surface area (Å²) in [6.07, 6.45) is 1.76. The molecule has 0 bridgehead atoms. The molecule has 0 aliphatic heterocycles. The molecule has 5 heteroatoms. The third-order valence-electron chi connectivity index (χ3n) is 1.83. The number of nitrogens with zero attached hydrogens (tertiary/aromatic N) is 3. The zero-order valence-corrected chi connectivity index (χ0v) is 8.08. The van der Waals surface area contributed by atoms with Crippen molar-refractivity contribution in [2.75, 3.05) is 0 Å². The van der Waals surface area contributed by atoms with E-state index in [1.165, 1.54) is 4.88 Å². The molecular formula is C8H10N4S. The number of aryl methyl sites for hydroxylation is 1. The van der Waals surface area contributed by atoms with Crippen LogP contribution in [0.1, 0.15) is 4.88 Å². The molecule has 0 aliphatic carbocycles. The first-order valence-electron chi connectivity index (χ1n) is 3.95. The Morgan fingerprint density at radius 2 is 2.38 bits per heavy atom. The van der Waals surface area contributed by atoms with Gasteiger partial charge in [0.2, 0.25) is 0 Å². The Kier molecular flexibility index (Phi) is 2.12. The lowest BCUT2D eigenvalue weighted by molar-refractivity contribution is 0.721. The van der Waals surface area contributed by atoms with E-state index in [9.17, 15) is 0 Å². The Balaban J connectivity index is 2.41. The number of thiophene rings is 1. The summed E-state index contributed by atoms with van der Waals surface area (Å²) in [5.74, 6) is 0. The fourth-order valence-electron chi connectivity index (χ4n) is 1.14. The van der Waals surface area contributed by atoms with E-state index in [0.717, 1.165) is 10.6 Å². The fraction of sp³-hybridized carbons (Fsp3) is 0.250. The van der Waals surface area contributed by atoms with Crippen LogP contribution < -0.4 is 5.73 Å². The van der Waals surface area contributed by atoms with Crippen molar-refractivity contribution in [2.24, 2.45) is 12.8 Å². The van der Waals surface area contributed by atoms with E-state index in [1.807, 2.05) is 19.2 Å². The quantitative estimate of drug-likeness (QED) is 0.776. The molecule has 0 radical (unpaired) electrons. The third-order valence-corrected chi connectivity index (χ3v) is 2.96. The number of hydrogen-bond acceptors (Lipinski definition) is 4. The summed E-state index contributed by atoms with van der Waals surface area (Å²) in [6, 6.07) is 4.08. The molecule has 0 aliphatic rings. The second-order valence-corrected chi connectivity index (χ2v) is 3.88. The highest BCUT2D eigenvalue weighted by molar-refractivity contribution is 7.15. The standard InChI is InChI=1S/C8H10N4S/c1-12-7(5-10-11-12)8-3-2-6(4-9)13-8/h2-3,5H,4,9H2,1H3. The summed E-state index contributed by atoms with van der Waals surface area (Å²) < 4.78 is 1.76. The highest BCUT2D eigenvalue weighted by Gasteiger charge is 2.05. The molecule has 13 heavy (non-hydrogen) atoms. The smallest absolute Gasteiger partial charge is 0.0981 e. The molecule has 2 heterocycles. The van der Waals surface area contributed by atoms with Gasteiger partial charge in [-0.1, -0.05) is 5.21 Å². The van der Waals surface area contributed by atoms with Crippen molar-refractivity contribution in [3.05, 3.63) is 23.2 Å². The summed E-state index contributed by atoms with van der Waals surface area (Å²) in [4.78, 5) is 2.34. The Labute approximate surface area is 80.0 Å². The number of hydrogen-bond donors (Lipinski definition) is 1. The van der Waals surface area contributed by atoms with E-state index in [1.54, 1.807) is 22.2 Å². The summed E-state index contributed by atoms with van der Waals surface area (Å²) in [7, 11) is 1.88. The van der Waals surface area contributed by atoms with Crippen molar-refractivity contribution in [1.82, 2.24) is 15.0 Å². The second-order valence-electron chi connectivity index (χ2n) is 2.71. The van der Waals surface area contributed by atoms with Gasteiger partial charge in [0.25, 0.3) is 0 Å². The first-order chi connectivity index (χ1) is 6.31. The Hall–Kier alpha value is -1.20. The van der Waals surface area contributed by atoms with Gasteiger partial charge in [0.1, 0.15) is 0 Å². The molecule has 0 aromatic carbocycles. The van der Waals surface area contributed by atoms with Crippen molar-refractivity contribution >= 4 is 11.3 Å². The number of rotatable bonds is 2. The molecule has 2 aromatic heterocycles. The maximum Gasteiger partial charge on any atom is 0.0981 e. The largest absolute Gasteiger partial charge is 0.326 e. The van der Waals surface area contributed by atoms with Crippen LogP contribution in [-0.2, 0) is 13.6 Å². The van der Waals surface area contributed by atoms with E-state index in [-0.39, 0.29) is 0 Å². The molecule has 2 aromatic rings. The zero-order chi connectivity index (χ0) is 9.26. The molecule has 0 saturated heterocycles. The minimum Gasteiger partial charge on any atom is -0.326 e. The molecule has 2 N–H and O–H groups in total. The van der Waals surface area contributed by atoms with Crippen LogP contribution in [-0.4, -0.2) is 15.0 Å². The number of aromatic nitrogens is 3. The van der Waals surface area contributed by atoms with Crippen molar-refractivity contribution in [1.29, 1.82) is 0 Å². The summed E-state index contributed by atoms with van der Waals surface area (Å²) in [5.41, 5.74) is 6.56. The number of nitrogens with two attached hydrogens (primary N) is 1. The molecule has 0 amide bonds. The van der Waals surface area contributed by atoms with Crippen LogP contribution in [0.3, 0.4) is 0 Å². The van der Waals surface area contributed by atoms with Gasteiger partial charge in [0, 0.05) is 18.5 Å². The Morgan fingerprint density at radius 1 is 1.54 bits per heavy atom. The van der Waals surface area contributed by atoms with Crippen molar-refractivity contribution in [3.63, 3.8) is 0 Å². The zero-order valence-electron chi connectivity index (χ0n) is 7.27. The molecule has 0 unspecified atom stereocenters. The van der Waals surface area contributed by atoms with E-state index in [4.69, 9.17) is 5.73 Å². The van der Waals surface area contributed by atoms with Gasteiger partial charge in [0.05, 0.1) is 16.8 Å². The Morgan fingerprint density at radius 3 is 2.92 bits per heavy atom. The van der Waals surface area contributed by atoms with Gasteiger partial charge in [-0.2, -0.15) is 0 Å². The lowest BCUT2D eigenvalue weighted by Crippen LogP contribution is -1.92. The van der Waals surface area contributed by atoms with Crippen molar-refractivity contribution in [3.8, 4) is 10.6 Å². The maximum absolute atomic E-state index is 5.53. The van der Waals surface area contributed by atoms with Gasteiger partial charge in [-0.3, -0.25) is 0 Å². The topological polar surface area (TPSA) is 56.7 Å². The van der Waals surface area contributed by atoms with Crippen LogP contribution in [0.4, 0.5) is 0 Å². The summed E-state index contributed by atoms with van der Waals surface area (Å²) >= 11 is 1.68. The third kappa shape index (κ3) is 1.48. The minimum atomic E-state index is 0.593. The van der Waals surface area contributed by atoms with Gasteiger partial charge in [-0.15, -0.1) is 16.4 Å². The van der Waals surface area contributed by atoms with Crippen LogP contribution >= 0.6 is 11.3 Å². The van der Waals surface area contributed by atoms with Gasteiger partial charge in [-0.05, 0) is 12.1 Å². The lowest BCUT2D eigenvalue weighted by Gasteiger charge is -1.94. The van der Waals surface area contributed by atoms with Gasteiger partial charge >= 0.3 is 0 Å². The van der Waals surface area contributed by atoms with Crippen molar-refractivity contribution < 1.29 is 0 Å². The van der Waals surface area contributed by atoms with Crippen LogP contribution in [0.25, 0.3) is 10.6 Å². The summed E-state index contributed by atoms with van der Waals surface area (Å²) in [5, 5.41) is 7.69. The SMILES string of the molecule is Cn1nncc1-c1ccc(CN)s1. The second kappa shape index (κ2) is 3.27. The van der Waals surface area contributed by atoms with Gasteiger partial charge < -0.3 is 5.73 Å². The van der Waals surface area contributed by atoms with E-state index in [2.05, 4.69) is 10.3 Å². The highest BCUT2D eigenvalue weighted by Crippen LogP contribution is 2.26.